The molecule has 150 valence electrons. The molecule has 3 fully saturated rings. The van der Waals surface area contributed by atoms with E-state index >= 15 is 0 Å². The van der Waals surface area contributed by atoms with Crippen LogP contribution in [0, 0.1) is 11.3 Å². The number of amides is 1. The number of guanidine groups is 1. The Hall–Kier alpha value is -0.570. The van der Waals surface area contributed by atoms with E-state index in [1.807, 2.05) is 4.90 Å². The summed E-state index contributed by atoms with van der Waals surface area (Å²) in [4.78, 5) is 20.9. The van der Waals surface area contributed by atoms with Crippen molar-refractivity contribution < 1.29 is 9.53 Å². The molecule has 3 rings (SSSR count). The van der Waals surface area contributed by atoms with Crippen LogP contribution < -0.4 is 5.32 Å². The van der Waals surface area contributed by atoms with Gasteiger partial charge in [-0.15, -0.1) is 24.0 Å². The molecule has 3 aliphatic rings. The maximum absolute atomic E-state index is 12.4. The Morgan fingerprint density at radius 3 is 2.58 bits per heavy atom. The number of carbonyl (C=O) groups is 1. The number of rotatable bonds is 3. The first kappa shape index (κ1) is 21.7. The Bertz CT molecular complexity index is 516. The van der Waals surface area contributed by atoms with Crippen molar-refractivity contribution in [3.05, 3.63) is 0 Å². The minimum absolute atomic E-state index is 0. The van der Waals surface area contributed by atoms with Gasteiger partial charge in [0.05, 0.1) is 12.6 Å². The number of hydrogen-bond donors (Lipinski definition) is 1. The first-order valence-corrected chi connectivity index (χ1v) is 9.77. The van der Waals surface area contributed by atoms with E-state index in [-0.39, 0.29) is 41.4 Å². The molecule has 0 spiro atoms. The van der Waals surface area contributed by atoms with Crippen molar-refractivity contribution in [3.8, 4) is 0 Å². The van der Waals surface area contributed by atoms with E-state index in [1.165, 1.54) is 19.3 Å². The summed E-state index contributed by atoms with van der Waals surface area (Å²) in [7, 11) is 1.80. The molecule has 26 heavy (non-hydrogen) atoms. The summed E-state index contributed by atoms with van der Waals surface area (Å²) < 4.78 is 6.08. The standard InChI is InChI=1S/C19H34N4O2.HI/c1-19(2,3)17-14(6-5-11-25-17)12-21-18(20-4)22-9-10-23(15-7-8-15)16(24)13-22;/h14-15,17H,5-13H2,1-4H3,(H,20,21);1H. The van der Waals surface area contributed by atoms with Gasteiger partial charge in [-0.25, -0.2) is 0 Å². The van der Waals surface area contributed by atoms with Gasteiger partial charge in [0.25, 0.3) is 0 Å². The van der Waals surface area contributed by atoms with Crippen molar-refractivity contribution in [1.82, 2.24) is 15.1 Å². The number of piperazine rings is 1. The number of nitrogens with zero attached hydrogens (tertiary/aromatic N) is 3. The smallest absolute Gasteiger partial charge is 0.242 e. The molecule has 1 N–H and O–H groups in total. The van der Waals surface area contributed by atoms with E-state index in [4.69, 9.17) is 4.74 Å². The fourth-order valence-corrected chi connectivity index (χ4v) is 4.20. The quantitative estimate of drug-likeness (QED) is 0.385. The van der Waals surface area contributed by atoms with Crippen LogP contribution in [0.15, 0.2) is 4.99 Å². The highest BCUT2D eigenvalue weighted by Gasteiger charge is 2.37. The summed E-state index contributed by atoms with van der Waals surface area (Å²) in [5.41, 5.74) is 0.141. The van der Waals surface area contributed by atoms with Gasteiger partial charge in [-0.05, 0) is 31.1 Å². The highest BCUT2D eigenvalue weighted by atomic mass is 127. The van der Waals surface area contributed by atoms with Crippen LogP contribution in [-0.2, 0) is 9.53 Å². The summed E-state index contributed by atoms with van der Waals surface area (Å²) in [6.45, 7) is 10.6. The first-order chi connectivity index (χ1) is 11.9. The van der Waals surface area contributed by atoms with Gasteiger partial charge in [0.1, 0.15) is 0 Å². The van der Waals surface area contributed by atoms with Gasteiger partial charge in [-0.2, -0.15) is 0 Å². The van der Waals surface area contributed by atoms with Gasteiger partial charge >= 0.3 is 0 Å². The van der Waals surface area contributed by atoms with Gasteiger partial charge < -0.3 is 19.9 Å². The molecule has 1 amide bonds. The average Bonchev–Trinajstić information content (AvgIpc) is 3.40. The zero-order chi connectivity index (χ0) is 18.0. The van der Waals surface area contributed by atoms with Crippen LogP contribution in [0.25, 0.3) is 0 Å². The van der Waals surface area contributed by atoms with Crippen molar-refractivity contribution in [3.63, 3.8) is 0 Å². The molecule has 0 bridgehead atoms. The number of halogens is 1. The van der Waals surface area contributed by atoms with Crippen molar-refractivity contribution in [2.75, 3.05) is 39.8 Å². The molecule has 2 atom stereocenters. The molecular formula is C19H35IN4O2. The molecule has 6 nitrogen and oxygen atoms in total. The fraction of sp³-hybridized carbons (Fsp3) is 0.895. The molecule has 2 unspecified atom stereocenters. The molecule has 2 aliphatic heterocycles. The molecule has 0 aromatic rings. The number of carbonyl (C=O) groups excluding carboxylic acids is 1. The normalized spacial score (nSPS) is 28.0. The predicted octanol–water partition coefficient (Wildman–Crippen LogP) is 2.33. The maximum Gasteiger partial charge on any atom is 0.242 e. The number of ether oxygens (including phenoxy) is 1. The Morgan fingerprint density at radius 2 is 2.00 bits per heavy atom. The molecule has 7 heteroatoms. The van der Waals surface area contributed by atoms with E-state index in [0.717, 1.165) is 38.6 Å². The number of nitrogens with one attached hydrogen (secondary N) is 1. The lowest BCUT2D eigenvalue weighted by molar-refractivity contribution is -0.135. The number of aliphatic imine (C=N–C) groups is 1. The van der Waals surface area contributed by atoms with E-state index in [0.29, 0.717) is 18.5 Å². The summed E-state index contributed by atoms with van der Waals surface area (Å²) in [6.07, 6.45) is 4.92. The zero-order valence-electron chi connectivity index (χ0n) is 16.7. The number of hydrogen-bond acceptors (Lipinski definition) is 3. The van der Waals surface area contributed by atoms with Gasteiger partial charge in [-0.1, -0.05) is 20.8 Å². The lowest BCUT2D eigenvalue weighted by Gasteiger charge is -2.41. The highest BCUT2D eigenvalue weighted by molar-refractivity contribution is 14.0. The Labute approximate surface area is 175 Å². The zero-order valence-corrected chi connectivity index (χ0v) is 19.0. The third-order valence-electron chi connectivity index (χ3n) is 5.58. The predicted molar refractivity (Wildman–Crippen MR) is 115 cm³/mol. The molecule has 0 aromatic carbocycles. The second-order valence-electron chi connectivity index (χ2n) is 8.73. The van der Waals surface area contributed by atoms with Gasteiger partial charge in [-0.3, -0.25) is 9.79 Å². The summed E-state index contributed by atoms with van der Waals surface area (Å²) in [5.74, 6) is 1.57. The van der Waals surface area contributed by atoms with Crippen LogP contribution in [0.1, 0.15) is 46.5 Å². The molecule has 2 saturated heterocycles. The van der Waals surface area contributed by atoms with Crippen molar-refractivity contribution in [2.45, 2.75) is 58.6 Å². The van der Waals surface area contributed by atoms with Gasteiger partial charge in [0.2, 0.25) is 5.91 Å². The minimum Gasteiger partial charge on any atom is -0.377 e. The summed E-state index contributed by atoms with van der Waals surface area (Å²) in [5, 5.41) is 3.52. The monoisotopic (exact) mass is 478 g/mol. The largest absolute Gasteiger partial charge is 0.377 e. The molecular weight excluding hydrogens is 443 g/mol. The van der Waals surface area contributed by atoms with E-state index in [9.17, 15) is 4.79 Å². The SMILES string of the molecule is CN=C(NCC1CCCOC1C(C)(C)C)N1CCN(C2CC2)C(=O)C1.I. The fourth-order valence-electron chi connectivity index (χ4n) is 4.20. The van der Waals surface area contributed by atoms with E-state index in [1.54, 1.807) is 7.05 Å². The van der Waals surface area contributed by atoms with Crippen LogP contribution >= 0.6 is 24.0 Å². The lowest BCUT2D eigenvalue weighted by atomic mass is 9.78. The minimum atomic E-state index is 0. The Kier molecular flexibility index (Phi) is 7.59. The van der Waals surface area contributed by atoms with Crippen molar-refractivity contribution >= 4 is 35.8 Å². The van der Waals surface area contributed by atoms with E-state index in [2.05, 4.69) is 36.0 Å². The topological polar surface area (TPSA) is 57.2 Å². The third-order valence-corrected chi connectivity index (χ3v) is 5.58. The second kappa shape index (κ2) is 9.08. The van der Waals surface area contributed by atoms with Crippen LogP contribution in [0.5, 0.6) is 0 Å². The molecule has 1 aliphatic carbocycles. The Balaban J connectivity index is 0.00000243. The third kappa shape index (κ3) is 5.24. The van der Waals surface area contributed by atoms with Crippen LogP contribution in [0.4, 0.5) is 0 Å². The molecule has 2 heterocycles. The summed E-state index contributed by atoms with van der Waals surface area (Å²) in [6, 6.07) is 0.511. The maximum atomic E-state index is 12.4. The van der Waals surface area contributed by atoms with Crippen LogP contribution in [0.2, 0.25) is 0 Å². The van der Waals surface area contributed by atoms with Gasteiger partial charge in [0, 0.05) is 45.2 Å². The van der Waals surface area contributed by atoms with Gasteiger partial charge in [0.15, 0.2) is 5.96 Å². The van der Waals surface area contributed by atoms with Crippen LogP contribution in [-0.4, -0.2) is 73.6 Å². The van der Waals surface area contributed by atoms with Crippen molar-refractivity contribution in [2.24, 2.45) is 16.3 Å². The first-order valence-electron chi connectivity index (χ1n) is 9.77. The highest BCUT2D eigenvalue weighted by Crippen LogP contribution is 2.33. The molecule has 1 saturated carbocycles. The molecule has 0 radical (unpaired) electrons. The molecule has 0 aromatic heterocycles. The summed E-state index contributed by atoms with van der Waals surface area (Å²) >= 11 is 0. The average molecular weight is 478 g/mol. The van der Waals surface area contributed by atoms with E-state index < -0.39 is 0 Å². The lowest BCUT2D eigenvalue weighted by Crippen LogP contribution is -2.56. The van der Waals surface area contributed by atoms with Crippen LogP contribution in [0.3, 0.4) is 0 Å². The van der Waals surface area contributed by atoms with Crippen molar-refractivity contribution in [1.29, 1.82) is 0 Å². The Morgan fingerprint density at radius 1 is 1.27 bits per heavy atom. The second-order valence-corrected chi connectivity index (χ2v) is 8.73.